The fourth-order valence-electron chi connectivity index (χ4n) is 2.45. The number of rotatable bonds is 3. The van der Waals surface area contributed by atoms with E-state index in [0.29, 0.717) is 5.31 Å². The van der Waals surface area contributed by atoms with Crippen LogP contribution in [0.5, 0.6) is 0 Å². The SMILES string of the molecule is C=CC(=C=C(C)C)[P@]1(=O)O[C@H](c2ccccc2)[C@H](C)N1C. The van der Waals surface area contributed by atoms with Crippen molar-refractivity contribution in [3.8, 4) is 0 Å². The standard InChI is InChI=1S/C17H22NO2P/c1-6-16(12-13(2)3)21(19)18(5)14(4)17(20-21)15-10-8-7-9-11-15/h6-11,14,17H,1H2,2-5H3/t14-,17-,21-/m0/s1. The molecule has 0 bridgehead atoms. The van der Waals surface area contributed by atoms with Gasteiger partial charge in [-0.2, -0.15) is 0 Å². The Bertz CT molecular complexity index is 640. The topological polar surface area (TPSA) is 29.5 Å². The predicted octanol–water partition coefficient (Wildman–Crippen LogP) is 4.91. The molecule has 1 fully saturated rings. The summed E-state index contributed by atoms with van der Waals surface area (Å²) in [4.78, 5) is 0. The molecule has 112 valence electrons. The van der Waals surface area contributed by atoms with Crippen LogP contribution in [0.2, 0.25) is 0 Å². The number of likely N-dealkylation sites (N-methyl/N-ethyl adjacent to an activating group) is 1. The maximum absolute atomic E-state index is 13.3. The number of allylic oxidation sites excluding steroid dienone is 2. The molecule has 0 amide bonds. The molecule has 1 heterocycles. The highest BCUT2D eigenvalue weighted by molar-refractivity contribution is 7.61. The van der Waals surface area contributed by atoms with Gasteiger partial charge >= 0.3 is 7.52 Å². The second-order valence-corrected chi connectivity index (χ2v) is 7.85. The summed E-state index contributed by atoms with van der Waals surface area (Å²) in [7, 11) is -1.26. The second kappa shape index (κ2) is 6.17. The molecule has 1 aliphatic heterocycles. The van der Waals surface area contributed by atoms with Crippen LogP contribution in [-0.2, 0) is 9.09 Å². The van der Waals surface area contributed by atoms with Gasteiger partial charge in [-0.25, -0.2) is 4.67 Å². The van der Waals surface area contributed by atoms with Gasteiger partial charge in [0.1, 0.15) is 6.10 Å². The van der Waals surface area contributed by atoms with E-state index in [-0.39, 0.29) is 12.1 Å². The Labute approximate surface area is 127 Å². The quantitative estimate of drug-likeness (QED) is 0.451. The summed E-state index contributed by atoms with van der Waals surface area (Å²) in [6.45, 7) is 9.64. The average Bonchev–Trinajstić information content (AvgIpc) is 2.71. The average molecular weight is 303 g/mol. The molecule has 1 aromatic rings. The van der Waals surface area contributed by atoms with Crippen LogP contribution >= 0.6 is 7.52 Å². The van der Waals surface area contributed by atoms with E-state index in [0.717, 1.165) is 11.1 Å². The molecule has 0 radical (unpaired) electrons. The minimum absolute atomic E-state index is 0.0205. The van der Waals surface area contributed by atoms with Crippen molar-refractivity contribution < 1.29 is 9.09 Å². The Kier molecular flexibility index (Phi) is 4.70. The predicted molar refractivity (Wildman–Crippen MR) is 87.2 cm³/mol. The van der Waals surface area contributed by atoms with E-state index in [2.05, 4.69) is 12.3 Å². The smallest absolute Gasteiger partial charge is 0.304 e. The summed E-state index contributed by atoms with van der Waals surface area (Å²) >= 11 is 0. The summed E-state index contributed by atoms with van der Waals surface area (Å²) in [5.74, 6) is 0. The lowest BCUT2D eigenvalue weighted by atomic mass is 10.0. The van der Waals surface area contributed by atoms with Gasteiger partial charge in [-0.1, -0.05) is 36.9 Å². The van der Waals surface area contributed by atoms with Gasteiger partial charge < -0.3 is 4.52 Å². The van der Waals surface area contributed by atoms with Crippen molar-refractivity contribution >= 4 is 7.52 Å². The number of benzene rings is 1. The molecule has 0 spiro atoms. The third-order valence-electron chi connectivity index (χ3n) is 3.70. The van der Waals surface area contributed by atoms with Crippen LogP contribution in [0.4, 0.5) is 0 Å². The van der Waals surface area contributed by atoms with Gasteiger partial charge in [0.25, 0.3) is 0 Å². The van der Waals surface area contributed by atoms with Gasteiger partial charge in [-0.15, -0.1) is 5.73 Å². The molecule has 1 aliphatic rings. The lowest BCUT2D eigenvalue weighted by Gasteiger charge is -2.20. The molecule has 0 aliphatic carbocycles. The van der Waals surface area contributed by atoms with E-state index in [1.54, 1.807) is 6.08 Å². The number of nitrogens with zero attached hydrogens (tertiary/aromatic N) is 1. The summed E-state index contributed by atoms with van der Waals surface area (Å²) < 4.78 is 21.2. The zero-order chi connectivity index (χ0) is 15.6. The molecule has 0 unspecified atom stereocenters. The van der Waals surface area contributed by atoms with Crippen LogP contribution in [0, 0.1) is 0 Å². The van der Waals surface area contributed by atoms with Gasteiger partial charge in [0.15, 0.2) is 0 Å². The van der Waals surface area contributed by atoms with Crippen LogP contribution in [0.15, 0.2) is 59.6 Å². The van der Waals surface area contributed by atoms with Crippen molar-refractivity contribution in [3.63, 3.8) is 0 Å². The summed E-state index contributed by atoms with van der Waals surface area (Å²) in [6, 6.07) is 9.92. The van der Waals surface area contributed by atoms with Crippen LogP contribution in [0.25, 0.3) is 0 Å². The van der Waals surface area contributed by atoms with Crippen LogP contribution in [0.3, 0.4) is 0 Å². The molecular weight excluding hydrogens is 281 g/mol. The van der Waals surface area contributed by atoms with Crippen molar-refractivity contribution in [2.24, 2.45) is 0 Å². The van der Waals surface area contributed by atoms with E-state index < -0.39 is 7.52 Å². The summed E-state index contributed by atoms with van der Waals surface area (Å²) in [6.07, 6.45) is 1.38. The molecule has 2 rings (SSSR count). The third kappa shape index (κ3) is 2.97. The zero-order valence-corrected chi connectivity index (χ0v) is 13.9. The Balaban J connectivity index is 2.47. The molecular formula is C17H22NO2P. The number of hydrogen-bond donors (Lipinski definition) is 0. The van der Waals surface area contributed by atoms with Gasteiger partial charge in [-0.3, -0.25) is 4.57 Å². The van der Waals surface area contributed by atoms with E-state index in [1.807, 2.05) is 62.8 Å². The fraction of sp³-hybridized carbons (Fsp3) is 0.353. The van der Waals surface area contributed by atoms with E-state index in [9.17, 15) is 4.57 Å². The van der Waals surface area contributed by atoms with Gasteiger partial charge in [0.05, 0.1) is 5.31 Å². The Morgan fingerprint density at radius 1 is 1.38 bits per heavy atom. The molecule has 3 atom stereocenters. The molecule has 21 heavy (non-hydrogen) atoms. The maximum Gasteiger partial charge on any atom is 0.310 e. The van der Waals surface area contributed by atoms with Crippen LogP contribution in [-0.4, -0.2) is 17.8 Å². The van der Waals surface area contributed by atoms with Gasteiger partial charge in [-0.05, 0) is 45.0 Å². The summed E-state index contributed by atoms with van der Waals surface area (Å²) in [5.41, 5.74) is 5.11. The van der Waals surface area contributed by atoms with Crippen molar-refractivity contribution in [1.82, 2.24) is 4.67 Å². The molecule has 4 heteroatoms. The highest BCUT2D eigenvalue weighted by Crippen LogP contribution is 2.67. The normalized spacial score (nSPS) is 29.0. The van der Waals surface area contributed by atoms with Crippen LogP contribution in [0.1, 0.15) is 32.4 Å². The molecule has 1 aromatic carbocycles. The highest BCUT2D eigenvalue weighted by Gasteiger charge is 2.48. The van der Waals surface area contributed by atoms with E-state index in [4.69, 9.17) is 4.52 Å². The first-order chi connectivity index (χ1) is 9.90. The van der Waals surface area contributed by atoms with Crippen molar-refractivity contribution in [1.29, 1.82) is 0 Å². The first kappa shape index (κ1) is 16.0. The Hall–Kier alpha value is -1.37. The molecule has 3 nitrogen and oxygen atoms in total. The van der Waals surface area contributed by atoms with E-state index >= 15 is 0 Å². The minimum Gasteiger partial charge on any atom is -0.304 e. The summed E-state index contributed by atoms with van der Waals surface area (Å²) in [5, 5.41) is 0.537. The highest BCUT2D eigenvalue weighted by atomic mass is 31.2. The van der Waals surface area contributed by atoms with Gasteiger partial charge in [0.2, 0.25) is 0 Å². The van der Waals surface area contributed by atoms with Crippen molar-refractivity contribution in [2.45, 2.75) is 32.9 Å². The van der Waals surface area contributed by atoms with Crippen molar-refractivity contribution in [2.75, 3.05) is 7.05 Å². The molecule has 0 N–H and O–H groups in total. The minimum atomic E-state index is -3.10. The van der Waals surface area contributed by atoms with Crippen molar-refractivity contribution in [3.05, 3.63) is 65.2 Å². The molecule has 0 saturated carbocycles. The first-order valence-corrected chi connectivity index (χ1v) is 8.61. The molecule has 0 aromatic heterocycles. The van der Waals surface area contributed by atoms with Crippen LogP contribution < -0.4 is 0 Å². The third-order valence-corrected chi connectivity index (χ3v) is 6.31. The van der Waals surface area contributed by atoms with E-state index in [1.165, 1.54) is 0 Å². The molecule has 1 saturated heterocycles. The first-order valence-electron chi connectivity index (χ1n) is 7.04. The number of hydrogen-bond acceptors (Lipinski definition) is 2. The monoisotopic (exact) mass is 303 g/mol. The second-order valence-electron chi connectivity index (χ2n) is 5.49. The maximum atomic E-state index is 13.3. The lowest BCUT2D eigenvalue weighted by molar-refractivity contribution is 0.211. The largest absolute Gasteiger partial charge is 0.310 e. The fourth-order valence-corrected chi connectivity index (χ4v) is 4.86. The Morgan fingerprint density at radius 2 is 2.00 bits per heavy atom. The Morgan fingerprint density at radius 3 is 2.52 bits per heavy atom. The zero-order valence-electron chi connectivity index (χ0n) is 13.0. The lowest BCUT2D eigenvalue weighted by Crippen LogP contribution is -2.23. The van der Waals surface area contributed by atoms with Gasteiger partial charge in [0, 0.05) is 6.04 Å².